The van der Waals surface area contributed by atoms with Crippen molar-refractivity contribution in [3.05, 3.63) is 0 Å². The summed E-state index contributed by atoms with van der Waals surface area (Å²) in [6.07, 6.45) is 30.1. The van der Waals surface area contributed by atoms with Crippen LogP contribution in [0.15, 0.2) is 4.99 Å². The first kappa shape index (κ1) is 46.2. The van der Waals surface area contributed by atoms with Crippen LogP contribution < -0.4 is 11.3 Å². The number of hydrogen-bond donors (Lipinski definition) is 3. The maximum absolute atomic E-state index is 12.7. The van der Waals surface area contributed by atoms with Crippen molar-refractivity contribution in [3.63, 3.8) is 0 Å². The fraction of sp³-hybridized carbons (Fsp3) is 0.900. The first-order valence-electron chi connectivity index (χ1n) is 20.4. The van der Waals surface area contributed by atoms with Gasteiger partial charge in [-0.25, -0.2) is 5.84 Å². The molecule has 48 heavy (non-hydrogen) atoms. The Balaban J connectivity index is 4.54. The lowest BCUT2D eigenvalue weighted by Gasteiger charge is -2.22. The zero-order chi connectivity index (χ0) is 35.5. The number of hydrogen-bond acceptors (Lipinski definition) is 7. The van der Waals surface area contributed by atoms with Crippen LogP contribution in [0.1, 0.15) is 195 Å². The molecule has 0 bridgehead atoms. The van der Waals surface area contributed by atoms with Gasteiger partial charge in [-0.2, -0.15) is 0 Å². The molecule has 8 heteroatoms. The number of esters is 1. The van der Waals surface area contributed by atoms with Crippen LogP contribution in [0.3, 0.4) is 0 Å². The summed E-state index contributed by atoms with van der Waals surface area (Å²) in [5.74, 6) is 6.33. The van der Waals surface area contributed by atoms with Gasteiger partial charge in [0.15, 0.2) is 5.84 Å². The van der Waals surface area contributed by atoms with Gasteiger partial charge in [0.25, 0.3) is 0 Å². The van der Waals surface area contributed by atoms with Crippen molar-refractivity contribution in [2.24, 2.45) is 16.8 Å². The van der Waals surface area contributed by atoms with Crippen molar-refractivity contribution < 1.29 is 14.3 Å². The number of unbranched alkanes of at least 4 members (excludes halogenated alkanes) is 17. The van der Waals surface area contributed by atoms with Crippen LogP contribution >= 0.6 is 0 Å². The Morgan fingerprint density at radius 2 is 1.25 bits per heavy atom. The Kier molecular flexibility index (Phi) is 33.7. The van der Waals surface area contributed by atoms with Gasteiger partial charge in [-0.1, -0.05) is 118 Å². The molecule has 0 aromatic heterocycles. The van der Waals surface area contributed by atoms with E-state index >= 15 is 0 Å². The summed E-state index contributed by atoms with van der Waals surface area (Å²) >= 11 is 0. The lowest BCUT2D eigenvalue weighted by Crippen LogP contribution is -2.39. The number of hydrazine groups is 1. The molecule has 0 aromatic carbocycles. The van der Waals surface area contributed by atoms with E-state index in [-0.39, 0.29) is 18.0 Å². The number of nitrogens with zero attached hydrogens (tertiary/aromatic N) is 2. The molecule has 0 amide bonds. The summed E-state index contributed by atoms with van der Waals surface area (Å²) in [4.78, 5) is 30.4. The Labute approximate surface area is 297 Å². The third kappa shape index (κ3) is 28.1. The van der Waals surface area contributed by atoms with Crippen molar-refractivity contribution >= 4 is 23.8 Å². The third-order valence-electron chi connectivity index (χ3n) is 9.61. The van der Waals surface area contributed by atoms with E-state index in [4.69, 9.17) is 16.0 Å². The lowest BCUT2D eigenvalue weighted by atomic mass is 10.0. The summed E-state index contributed by atoms with van der Waals surface area (Å²) < 4.78 is 6.00. The van der Waals surface area contributed by atoms with Crippen LogP contribution in [0.25, 0.3) is 0 Å². The highest BCUT2D eigenvalue weighted by Crippen LogP contribution is 2.18. The molecular weight excluding hydrogens is 598 g/mol. The maximum atomic E-state index is 12.7. The summed E-state index contributed by atoms with van der Waals surface area (Å²) in [5.41, 5.74) is 3.11. The average molecular weight is 678 g/mol. The molecule has 8 nitrogen and oxygen atoms in total. The highest BCUT2D eigenvalue weighted by Gasteiger charge is 2.15. The fourth-order valence-corrected chi connectivity index (χ4v) is 6.15. The van der Waals surface area contributed by atoms with E-state index in [1.165, 1.54) is 96.3 Å². The van der Waals surface area contributed by atoms with Crippen LogP contribution in [-0.4, -0.2) is 61.0 Å². The summed E-state index contributed by atoms with van der Waals surface area (Å²) in [7, 11) is 0. The van der Waals surface area contributed by atoms with Crippen LogP contribution in [-0.2, 0) is 14.3 Å². The first-order chi connectivity index (χ1) is 23.4. The van der Waals surface area contributed by atoms with Gasteiger partial charge in [0.2, 0.25) is 0 Å². The predicted molar refractivity (Wildman–Crippen MR) is 206 cm³/mol. The SMILES string of the molecule is CCCCCCCC(CCCCCCC)OC(=O)CCCCCCCN(CCCCCCCC=O)CCCN=C(NN)C(=N)C(C)CC. The van der Waals surface area contributed by atoms with Gasteiger partial charge < -0.3 is 25.3 Å². The molecule has 0 aliphatic rings. The minimum absolute atomic E-state index is 0.00870. The Hall–Kier alpha value is -1.80. The molecule has 0 aliphatic carbocycles. The maximum Gasteiger partial charge on any atom is 0.306 e. The summed E-state index contributed by atoms with van der Waals surface area (Å²) in [6.45, 7) is 12.4. The molecule has 0 heterocycles. The van der Waals surface area contributed by atoms with E-state index in [1.807, 2.05) is 6.92 Å². The van der Waals surface area contributed by atoms with Crippen LogP contribution in [0.5, 0.6) is 0 Å². The minimum Gasteiger partial charge on any atom is -0.462 e. The topological polar surface area (TPSA) is 121 Å². The van der Waals surface area contributed by atoms with Crippen molar-refractivity contribution in [1.29, 1.82) is 5.41 Å². The van der Waals surface area contributed by atoms with Crippen molar-refractivity contribution in [1.82, 2.24) is 10.3 Å². The standard InChI is InChI=1S/C40H79N5O3/c1-5-8-10-15-21-28-37(29-22-16-11-9-6-2)48-38(47)30-23-17-14-19-25-33-45(32-24-18-12-13-20-26-35-46)34-27-31-43-40(44-42)39(41)36(4)7-3/h35-37,41H,5-34,42H2,1-4H3,(H,43,44). The number of ether oxygens (including phenoxy) is 1. The average Bonchev–Trinajstić information content (AvgIpc) is 3.09. The first-order valence-corrected chi connectivity index (χ1v) is 20.4. The smallest absolute Gasteiger partial charge is 0.306 e. The van der Waals surface area contributed by atoms with Gasteiger partial charge in [0, 0.05) is 25.3 Å². The molecular formula is C40H79N5O3. The van der Waals surface area contributed by atoms with Crippen molar-refractivity contribution in [2.75, 3.05) is 26.2 Å². The second kappa shape index (κ2) is 35.0. The quantitative estimate of drug-likeness (QED) is 0.0115. The number of aliphatic imine (C=N–C) groups is 1. The van der Waals surface area contributed by atoms with Gasteiger partial charge in [-0.3, -0.25) is 9.79 Å². The highest BCUT2D eigenvalue weighted by molar-refractivity contribution is 6.40. The molecule has 0 aromatic rings. The molecule has 1 unspecified atom stereocenters. The summed E-state index contributed by atoms with van der Waals surface area (Å²) in [5, 5.41) is 8.31. The van der Waals surface area contributed by atoms with E-state index in [0.717, 1.165) is 83.7 Å². The molecule has 1 atom stereocenters. The Bertz CT molecular complexity index is 777. The van der Waals surface area contributed by atoms with E-state index in [2.05, 4.69) is 36.1 Å². The molecule has 0 fully saturated rings. The van der Waals surface area contributed by atoms with Gasteiger partial charge in [0.05, 0.1) is 5.71 Å². The number of amidine groups is 1. The van der Waals surface area contributed by atoms with Crippen molar-refractivity contribution in [2.45, 2.75) is 201 Å². The zero-order valence-corrected chi connectivity index (χ0v) is 32.1. The highest BCUT2D eigenvalue weighted by atomic mass is 16.5. The van der Waals surface area contributed by atoms with E-state index < -0.39 is 0 Å². The normalized spacial score (nSPS) is 12.5. The van der Waals surface area contributed by atoms with Gasteiger partial charge in [-0.15, -0.1) is 0 Å². The van der Waals surface area contributed by atoms with E-state index in [0.29, 0.717) is 30.9 Å². The fourth-order valence-electron chi connectivity index (χ4n) is 6.15. The lowest BCUT2D eigenvalue weighted by molar-refractivity contribution is -0.150. The minimum atomic E-state index is 0.00870. The third-order valence-corrected chi connectivity index (χ3v) is 9.61. The predicted octanol–water partition coefficient (Wildman–Crippen LogP) is 10.1. The molecule has 0 aliphatic heterocycles. The molecule has 282 valence electrons. The number of nitrogens with two attached hydrogens (primary N) is 1. The Morgan fingerprint density at radius 1 is 0.750 bits per heavy atom. The van der Waals surface area contributed by atoms with Crippen molar-refractivity contribution in [3.8, 4) is 0 Å². The second-order valence-electron chi connectivity index (χ2n) is 14.1. The molecule has 0 rings (SSSR count). The number of nitrogens with one attached hydrogen (secondary N) is 2. The monoisotopic (exact) mass is 678 g/mol. The second-order valence-corrected chi connectivity index (χ2v) is 14.1. The van der Waals surface area contributed by atoms with Gasteiger partial charge in [0.1, 0.15) is 12.4 Å². The molecule has 0 saturated carbocycles. The number of carbonyl (C=O) groups excluding carboxylic acids is 2. The van der Waals surface area contributed by atoms with Crippen LogP contribution in [0.4, 0.5) is 0 Å². The zero-order valence-electron chi connectivity index (χ0n) is 32.1. The largest absolute Gasteiger partial charge is 0.462 e. The molecule has 4 N–H and O–H groups in total. The van der Waals surface area contributed by atoms with Gasteiger partial charge >= 0.3 is 5.97 Å². The number of rotatable bonds is 36. The number of aldehydes is 1. The van der Waals surface area contributed by atoms with Gasteiger partial charge in [-0.05, 0) is 83.8 Å². The van der Waals surface area contributed by atoms with E-state index in [1.54, 1.807) is 0 Å². The molecule has 0 saturated heterocycles. The Morgan fingerprint density at radius 3 is 1.79 bits per heavy atom. The molecule has 0 spiro atoms. The van der Waals surface area contributed by atoms with E-state index in [9.17, 15) is 9.59 Å². The summed E-state index contributed by atoms with van der Waals surface area (Å²) in [6, 6.07) is 0. The van der Waals surface area contributed by atoms with Crippen LogP contribution in [0.2, 0.25) is 0 Å². The molecule has 0 radical (unpaired) electrons. The number of carbonyl (C=O) groups is 2. The van der Waals surface area contributed by atoms with Crippen LogP contribution in [0, 0.1) is 11.3 Å².